The van der Waals surface area contributed by atoms with E-state index in [9.17, 15) is 17.6 Å². The fourth-order valence-electron chi connectivity index (χ4n) is 2.92. The van der Waals surface area contributed by atoms with Crippen molar-refractivity contribution < 1.29 is 17.6 Å². The summed E-state index contributed by atoms with van der Waals surface area (Å²) in [6.07, 6.45) is -0.539. The van der Waals surface area contributed by atoms with Gasteiger partial charge in [0.15, 0.2) is 11.5 Å². The largest absolute Gasteiger partial charge is 0.390 e. The average Bonchev–Trinajstić information content (AvgIpc) is 3.32. The first-order chi connectivity index (χ1) is 13.8. The summed E-state index contributed by atoms with van der Waals surface area (Å²) in [5.74, 6) is -0.163. The van der Waals surface area contributed by atoms with Crippen LogP contribution in [0, 0.1) is 12.7 Å². The molecule has 0 fully saturated rings. The molecule has 0 spiro atoms. The third-order valence-electron chi connectivity index (χ3n) is 4.44. The lowest BCUT2D eigenvalue weighted by Crippen LogP contribution is -2.16. The molecular weight excluding hydrogens is 388 g/mol. The normalized spacial score (nSPS) is 11.9. The number of imidazole rings is 1. The smallest absolute Gasteiger partial charge is 0.367 e. The van der Waals surface area contributed by atoms with Crippen molar-refractivity contribution in [3.63, 3.8) is 0 Å². The minimum atomic E-state index is -4.29. The van der Waals surface area contributed by atoms with Crippen LogP contribution in [-0.2, 0) is 0 Å². The van der Waals surface area contributed by atoms with E-state index >= 15 is 0 Å². The lowest BCUT2D eigenvalue weighted by Gasteiger charge is -2.12. The van der Waals surface area contributed by atoms with Crippen LogP contribution < -0.4 is 5.32 Å². The molecule has 4 aromatic rings. The van der Waals surface area contributed by atoms with Gasteiger partial charge in [0, 0.05) is 24.5 Å². The molecule has 3 aromatic heterocycles. The number of nitrogens with one attached hydrogen (secondary N) is 2. The van der Waals surface area contributed by atoms with Crippen molar-refractivity contribution in [2.75, 3.05) is 11.9 Å². The van der Waals surface area contributed by atoms with Gasteiger partial charge in [0.05, 0.1) is 24.0 Å². The third kappa shape index (κ3) is 3.91. The number of fused-ring (bicyclic) bond motifs is 1. The van der Waals surface area contributed by atoms with E-state index in [2.05, 4.69) is 25.5 Å². The van der Waals surface area contributed by atoms with Gasteiger partial charge in [0.25, 0.3) is 0 Å². The molecule has 6 nitrogen and oxygen atoms in total. The predicted octanol–water partition coefficient (Wildman–Crippen LogP) is 4.60. The Morgan fingerprint density at radius 2 is 2.03 bits per heavy atom. The van der Waals surface area contributed by atoms with E-state index in [0.717, 1.165) is 0 Å². The summed E-state index contributed by atoms with van der Waals surface area (Å²) in [7, 11) is 0. The number of aryl methyl sites for hydroxylation is 1. The second kappa shape index (κ2) is 7.19. The molecule has 3 heterocycles. The van der Waals surface area contributed by atoms with Gasteiger partial charge in [0.1, 0.15) is 11.5 Å². The number of hydrogen-bond acceptors (Lipinski definition) is 4. The number of anilines is 1. The first-order valence-corrected chi connectivity index (χ1v) is 8.77. The minimum Gasteiger partial charge on any atom is -0.367 e. The van der Waals surface area contributed by atoms with Crippen LogP contribution in [-0.4, -0.2) is 37.3 Å². The number of aromatic nitrogens is 5. The Morgan fingerprint density at radius 3 is 2.72 bits per heavy atom. The quantitative estimate of drug-likeness (QED) is 0.477. The molecule has 1 aromatic carbocycles. The minimum absolute atomic E-state index is 0.195. The number of halogens is 4. The molecule has 0 saturated carbocycles. The van der Waals surface area contributed by atoms with Gasteiger partial charge >= 0.3 is 6.18 Å². The van der Waals surface area contributed by atoms with Crippen LogP contribution in [0.2, 0.25) is 0 Å². The number of aromatic amines is 1. The summed E-state index contributed by atoms with van der Waals surface area (Å²) in [4.78, 5) is 8.69. The SMILES string of the molecule is Cc1ccc(-c2cnc3c(NCCC(F)(F)F)nc(-c4ccn[nH]4)cn23)cc1F. The van der Waals surface area contributed by atoms with Crippen molar-refractivity contribution in [3.8, 4) is 22.6 Å². The predicted molar refractivity (Wildman–Crippen MR) is 99.9 cm³/mol. The van der Waals surface area contributed by atoms with E-state index in [-0.39, 0.29) is 18.2 Å². The van der Waals surface area contributed by atoms with Gasteiger partial charge in [-0.3, -0.25) is 9.50 Å². The topological polar surface area (TPSA) is 70.9 Å². The summed E-state index contributed by atoms with van der Waals surface area (Å²) in [6.45, 7) is 1.32. The molecule has 0 aliphatic heterocycles. The molecule has 0 aliphatic carbocycles. The zero-order valence-electron chi connectivity index (χ0n) is 15.3. The van der Waals surface area contributed by atoms with Crippen LogP contribution in [0.1, 0.15) is 12.0 Å². The molecule has 2 N–H and O–H groups in total. The number of nitrogens with zero attached hydrogens (tertiary/aromatic N) is 4. The lowest BCUT2D eigenvalue weighted by molar-refractivity contribution is -0.131. The van der Waals surface area contributed by atoms with Gasteiger partial charge in [-0.2, -0.15) is 18.3 Å². The number of rotatable bonds is 5. The van der Waals surface area contributed by atoms with Crippen molar-refractivity contribution >= 4 is 11.5 Å². The standard InChI is InChI=1S/C19H16F4N6/c1-11-2-3-12(8-13(11)20)16-9-25-18-17(24-7-5-19(21,22)23)27-15(10-29(16)18)14-4-6-26-28-14/h2-4,6,8-10H,5,7H2,1H3,(H,24,27)(H,26,28). The zero-order chi connectivity index (χ0) is 20.6. The summed E-state index contributed by atoms with van der Waals surface area (Å²) in [5, 5.41) is 9.37. The highest BCUT2D eigenvalue weighted by Crippen LogP contribution is 2.28. The molecule has 0 atom stereocenters. The van der Waals surface area contributed by atoms with Crippen LogP contribution in [0.4, 0.5) is 23.4 Å². The summed E-state index contributed by atoms with van der Waals surface area (Å²) in [5.41, 5.74) is 3.06. The van der Waals surface area contributed by atoms with Gasteiger partial charge in [-0.25, -0.2) is 14.4 Å². The van der Waals surface area contributed by atoms with Gasteiger partial charge in [-0.1, -0.05) is 12.1 Å². The van der Waals surface area contributed by atoms with Crippen molar-refractivity contribution in [1.82, 2.24) is 24.6 Å². The monoisotopic (exact) mass is 404 g/mol. The molecule has 29 heavy (non-hydrogen) atoms. The Balaban J connectivity index is 1.81. The van der Waals surface area contributed by atoms with E-state index in [0.29, 0.717) is 33.9 Å². The van der Waals surface area contributed by atoms with E-state index in [1.54, 1.807) is 41.9 Å². The van der Waals surface area contributed by atoms with E-state index in [1.807, 2.05) is 0 Å². The zero-order valence-corrected chi connectivity index (χ0v) is 15.3. The number of alkyl halides is 3. The fraction of sp³-hybridized carbons (Fsp3) is 0.211. The Kier molecular flexibility index (Phi) is 4.69. The molecule has 0 amide bonds. The highest BCUT2D eigenvalue weighted by molar-refractivity contribution is 5.73. The molecule has 10 heteroatoms. The Hall–Kier alpha value is -3.43. The Morgan fingerprint density at radius 1 is 1.21 bits per heavy atom. The number of H-pyrrole nitrogens is 1. The van der Waals surface area contributed by atoms with Gasteiger partial charge in [0.2, 0.25) is 0 Å². The second-order valence-electron chi connectivity index (χ2n) is 6.54. The molecular formula is C19H16F4N6. The molecule has 0 unspecified atom stereocenters. The molecule has 0 saturated heterocycles. The van der Waals surface area contributed by atoms with Crippen molar-refractivity contribution in [2.45, 2.75) is 19.5 Å². The maximum Gasteiger partial charge on any atom is 0.390 e. The number of benzene rings is 1. The molecule has 0 aliphatic rings. The molecule has 150 valence electrons. The van der Waals surface area contributed by atoms with E-state index in [4.69, 9.17) is 0 Å². The molecule has 4 rings (SSSR count). The Labute approximate surface area is 162 Å². The second-order valence-corrected chi connectivity index (χ2v) is 6.54. The summed E-state index contributed by atoms with van der Waals surface area (Å²) < 4.78 is 53.3. The number of hydrogen-bond donors (Lipinski definition) is 2. The highest BCUT2D eigenvalue weighted by Gasteiger charge is 2.26. The maximum atomic E-state index is 14.1. The van der Waals surface area contributed by atoms with Crippen LogP contribution in [0.3, 0.4) is 0 Å². The van der Waals surface area contributed by atoms with Gasteiger partial charge in [-0.05, 0) is 24.6 Å². The average molecular weight is 404 g/mol. The van der Waals surface area contributed by atoms with Crippen LogP contribution in [0.15, 0.2) is 42.9 Å². The van der Waals surface area contributed by atoms with Crippen LogP contribution in [0.25, 0.3) is 28.3 Å². The van der Waals surface area contributed by atoms with Gasteiger partial charge < -0.3 is 5.32 Å². The van der Waals surface area contributed by atoms with Gasteiger partial charge in [-0.15, -0.1) is 0 Å². The van der Waals surface area contributed by atoms with Crippen molar-refractivity contribution in [3.05, 3.63) is 54.2 Å². The summed E-state index contributed by atoms with van der Waals surface area (Å²) >= 11 is 0. The highest BCUT2D eigenvalue weighted by atomic mass is 19.4. The van der Waals surface area contributed by atoms with E-state index in [1.165, 1.54) is 12.3 Å². The molecule has 0 radical (unpaired) electrons. The van der Waals surface area contributed by atoms with Crippen molar-refractivity contribution in [2.24, 2.45) is 0 Å². The van der Waals surface area contributed by atoms with Crippen molar-refractivity contribution in [1.29, 1.82) is 0 Å². The third-order valence-corrected chi connectivity index (χ3v) is 4.44. The maximum absolute atomic E-state index is 14.1. The van der Waals surface area contributed by atoms with Crippen LogP contribution >= 0.6 is 0 Å². The fourth-order valence-corrected chi connectivity index (χ4v) is 2.92. The first-order valence-electron chi connectivity index (χ1n) is 8.77. The lowest BCUT2D eigenvalue weighted by atomic mass is 10.1. The van der Waals surface area contributed by atoms with Crippen LogP contribution in [0.5, 0.6) is 0 Å². The Bertz CT molecular complexity index is 1150. The summed E-state index contributed by atoms with van der Waals surface area (Å²) in [6, 6.07) is 6.50. The first kappa shape index (κ1) is 18.9. The van der Waals surface area contributed by atoms with E-state index < -0.39 is 12.6 Å². The molecule has 0 bridgehead atoms.